The Hall–Kier alpha value is -1.40. The van der Waals surface area contributed by atoms with Crippen molar-refractivity contribution in [3.8, 4) is 0 Å². The molecule has 1 aliphatic heterocycles. The highest BCUT2D eigenvalue weighted by Gasteiger charge is 2.34. The van der Waals surface area contributed by atoms with Crippen molar-refractivity contribution in [2.75, 3.05) is 13.1 Å². The largest absolute Gasteiger partial charge is 0.356 e. The molecule has 1 heterocycles. The van der Waals surface area contributed by atoms with E-state index < -0.39 is 10.0 Å². The van der Waals surface area contributed by atoms with E-state index in [0.717, 1.165) is 37.7 Å². The molecule has 2 fully saturated rings. The van der Waals surface area contributed by atoms with Crippen LogP contribution < -0.4 is 5.32 Å². The molecular formula is C18H26N2O3S. The van der Waals surface area contributed by atoms with Gasteiger partial charge in [0.2, 0.25) is 15.9 Å². The number of aryl methyl sites for hydroxylation is 1. The van der Waals surface area contributed by atoms with Gasteiger partial charge in [0.1, 0.15) is 0 Å². The topological polar surface area (TPSA) is 66.5 Å². The summed E-state index contributed by atoms with van der Waals surface area (Å²) in [5.41, 5.74) is 1.05. The van der Waals surface area contributed by atoms with E-state index in [9.17, 15) is 13.2 Å². The Labute approximate surface area is 144 Å². The molecule has 0 spiro atoms. The van der Waals surface area contributed by atoms with Gasteiger partial charge >= 0.3 is 0 Å². The summed E-state index contributed by atoms with van der Waals surface area (Å²) in [7, 11) is -3.46. The average molecular weight is 350 g/mol. The molecule has 0 radical (unpaired) electrons. The first-order valence-corrected chi connectivity index (χ1v) is 10.3. The number of piperidine rings is 1. The number of carbonyl (C=O) groups is 1. The molecule has 132 valence electrons. The Morgan fingerprint density at radius 2 is 1.88 bits per heavy atom. The fourth-order valence-corrected chi connectivity index (χ4v) is 5.00. The molecule has 6 heteroatoms. The quantitative estimate of drug-likeness (QED) is 0.857. The van der Waals surface area contributed by atoms with E-state index in [1.807, 2.05) is 19.1 Å². The van der Waals surface area contributed by atoms with Gasteiger partial charge in [-0.3, -0.25) is 4.79 Å². The van der Waals surface area contributed by atoms with Gasteiger partial charge in [-0.25, -0.2) is 8.42 Å². The van der Waals surface area contributed by atoms with Crippen LogP contribution in [0.3, 0.4) is 0 Å². The molecule has 24 heavy (non-hydrogen) atoms. The first kappa shape index (κ1) is 17.4. The molecule has 0 bridgehead atoms. The van der Waals surface area contributed by atoms with Crippen molar-refractivity contribution in [2.45, 2.75) is 56.4 Å². The Morgan fingerprint density at radius 1 is 1.17 bits per heavy atom. The predicted octanol–water partition coefficient (Wildman–Crippen LogP) is 2.45. The lowest BCUT2D eigenvalue weighted by molar-refractivity contribution is -0.122. The third-order valence-electron chi connectivity index (χ3n) is 4.93. The molecule has 1 unspecified atom stereocenters. The van der Waals surface area contributed by atoms with Gasteiger partial charge in [-0.1, -0.05) is 24.1 Å². The maximum absolute atomic E-state index is 13.0. The second-order valence-corrected chi connectivity index (χ2v) is 8.82. The van der Waals surface area contributed by atoms with Crippen LogP contribution >= 0.6 is 0 Å². The molecule has 3 rings (SSSR count). The van der Waals surface area contributed by atoms with Crippen LogP contribution in [-0.4, -0.2) is 37.8 Å². The molecule has 1 atom stereocenters. The number of benzene rings is 1. The van der Waals surface area contributed by atoms with Crippen LogP contribution in [0.15, 0.2) is 29.2 Å². The van der Waals surface area contributed by atoms with Gasteiger partial charge in [-0.15, -0.1) is 0 Å². The van der Waals surface area contributed by atoms with Gasteiger partial charge in [-0.05, 0) is 51.2 Å². The Kier molecular flexibility index (Phi) is 5.25. The van der Waals surface area contributed by atoms with Gasteiger partial charge in [-0.2, -0.15) is 4.31 Å². The first-order chi connectivity index (χ1) is 11.5. The van der Waals surface area contributed by atoms with Crippen LogP contribution in [0.25, 0.3) is 0 Å². The maximum Gasteiger partial charge on any atom is 0.243 e. The molecule has 1 N–H and O–H groups in total. The fraction of sp³-hybridized carbons (Fsp3) is 0.611. The monoisotopic (exact) mass is 350 g/mol. The minimum Gasteiger partial charge on any atom is -0.356 e. The zero-order valence-corrected chi connectivity index (χ0v) is 15.0. The third kappa shape index (κ3) is 3.98. The summed E-state index contributed by atoms with van der Waals surface area (Å²) in [5.74, 6) is 0.322. The second kappa shape index (κ2) is 7.23. The molecule has 5 nitrogen and oxygen atoms in total. The zero-order valence-electron chi connectivity index (χ0n) is 14.2. The van der Waals surface area contributed by atoms with Crippen molar-refractivity contribution in [3.63, 3.8) is 0 Å². The zero-order chi connectivity index (χ0) is 17.2. The molecule has 1 saturated heterocycles. The molecule has 1 amide bonds. The Morgan fingerprint density at radius 3 is 2.54 bits per heavy atom. The highest BCUT2D eigenvalue weighted by atomic mass is 32.2. The number of rotatable bonds is 6. The number of nitrogens with zero attached hydrogens (tertiary/aromatic N) is 1. The average Bonchev–Trinajstić information content (AvgIpc) is 3.40. The van der Waals surface area contributed by atoms with E-state index in [0.29, 0.717) is 24.4 Å². The Balaban J connectivity index is 1.66. The normalized spacial score (nSPS) is 22.3. The minimum atomic E-state index is -3.46. The lowest BCUT2D eigenvalue weighted by Crippen LogP contribution is -2.45. The van der Waals surface area contributed by atoms with Gasteiger partial charge in [0.25, 0.3) is 0 Å². The molecule has 1 aromatic rings. The van der Waals surface area contributed by atoms with Crippen molar-refractivity contribution in [1.29, 1.82) is 0 Å². The van der Waals surface area contributed by atoms with Crippen molar-refractivity contribution in [3.05, 3.63) is 29.8 Å². The minimum absolute atomic E-state index is 0.0236. The summed E-state index contributed by atoms with van der Waals surface area (Å²) in [6, 6.07) is 7.02. The van der Waals surface area contributed by atoms with Crippen LogP contribution in [0.1, 0.15) is 44.1 Å². The molecule has 1 aliphatic carbocycles. The molecule has 0 aromatic heterocycles. The van der Waals surface area contributed by atoms with Crippen molar-refractivity contribution in [1.82, 2.24) is 9.62 Å². The van der Waals surface area contributed by atoms with E-state index in [1.165, 1.54) is 0 Å². The van der Waals surface area contributed by atoms with E-state index >= 15 is 0 Å². The summed E-state index contributed by atoms with van der Waals surface area (Å²) in [4.78, 5) is 12.1. The summed E-state index contributed by atoms with van der Waals surface area (Å²) in [5, 5.41) is 2.95. The fourth-order valence-electron chi connectivity index (χ4n) is 3.28. The van der Waals surface area contributed by atoms with Gasteiger partial charge in [0.15, 0.2) is 0 Å². The van der Waals surface area contributed by atoms with Crippen LogP contribution in [-0.2, 0) is 14.8 Å². The highest BCUT2D eigenvalue weighted by Crippen LogP contribution is 2.29. The van der Waals surface area contributed by atoms with E-state index in [1.54, 1.807) is 16.4 Å². The molecular weight excluding hydrogens is 324 g/mol. The second-order valence-electron chi connectivity index (χ2n) is 6.93. The summed E-state index contributed by atoms with van der Waals surface area (Å²) >= 11 is 0. The smallest absolute Gasteiger partial charge is 0.243 e. The number of hydrogen-bond donors (Lipinski definition) is 1. The summed E-state index contributed by atoms with van der Waals surface area (Å²) in [6.07, 6.45) is 5.47. The SMILES string of the molecule is Cc1ccc(S(=O)(=O)N2CCCCC2CCNC(=O)C2CC2)cc1. The van der Waals surface area contributed by atoms with Gasteiger partial charge < -0.3 is 5.32 Å². The van der Waals surface area contributed by atoms with Crippen molar-refractivity contribution >= 4 is 15.9 Å². The number of hydrogen-bond acceptors (Lipinski definition) is 3. The standard InChI is InChI=1S/C18H26N2O3S/c1-14-5-9-17(10-6-14)24(22,23)20-13-3-2-4-16(20)11-12-19-18(21)15-7-8-15/h5-6,9-10,15-16H,2-4,7-8,11-13H2,1H3,(H,19,21). The first-order valence-electron chi connectivity index (χ1n) is 8.85. The number of amides is 1. The van der Waals surface area contributed by atoms with E-state index in [-0.39, 0.29) is 17.9 Å². The number of nitrogens with one attached hydrogen (secondary N) is 1. The molecule has 2 aliphatic rings. The predicted molar refractivity (Wildman–Crippen MR) is 93.1 cm³/mol. The summed E-state index contributed by atoms with van der Waals surface area (Å²) in [6.45, 7) is 3.07. The number of sulfonamides is 1. The van der Waals surface area contributed by atoms with Gasteiger partial charge in [0.05, 0.1) is 4.90 Å². The Bertz CT molecular complexity index is 681. The van der Waals surface area contributed by atoms with Crippen LogP contribution in [0.2, 0.25) is 0 Å². The van der Waals surface area contributed by atoms with Crippen LogP contribution in [0, 0.1) is 12.8 Å². The van der Waals surface area contributed by atoms with Crippen LogP contribution in [0.4, 0.5) is 0 Å². The third-order valence-corrected chi connectivity index (χ3v) is 6.89. The lowest BCUT2D eigenvalue weighted by Gasteiger charge is -2.34. The molecule has 1 aromatic carbocycles. The van der Waals surface area contributed by atoms with Crippen molar-refractivity contribution in [2.24, 2.45) is 5.92 Å². The maximum atomic E-state index is 13.0. The van der Waals surface area contributed by atoms with E-state index in [2.05, 4.69) is 5.32 Å². The van der Waals surface area contributed by atoms with Crippen molar-refractivity contribution < 1.29 is 13.2 Å². The van der Waals surface area contributed by atoms with Gasteiger partial charge in [0, 0.05) is 25.0 Å². The molecule has 1 saturated carbocycles. The van der Waals surface area contributed by atoms with E-state index in [4.69, 9.17) is 0 Å². The number of carbonyl (C=O) groups excluding carboxylic acids is 1. The van der Waals surface area contributed by atoms with Crippen LogP contribution in [0.5, 0.6) is 0 Å². The summed E-state index contributed by atoms with van der Waals surface area (Å²) < 4.78 is 27.6. The lowest BCUT2D eigenvalue weighted by atomic mass is 10.0. The highest BCUT2D eigenvalue weighted by molar-refractivity contribution is 7.89.